The van der Waals surface area contributed by atoms with Crippen molar-refractivity contribution in [1.29, 1.82) is 0 Å². The van der Waals surface area contributed by atoms with Gasteiger partial charge < -0.3 is 10.1 Å². The van der Waals surface area contributed by atoms with Crippen LogP contribution in [0, 0.1) is 0 Å². The van der Waals surface area contributed by atoms with E-state index >= 15 is 0 Å². The molecule has 2 rings (SSSR count). The molecule has 1 aromatic rings. The van der Waals surface area contributed by atoms with Crippen LogP contribution in [-0.2, 0) is 16.4 Å². The van der Waals surface area contributed by atoms with Crippen LogP contribution in [0.1, 0.15) is 32.3 Å². The normalized spacial score (nSPS) is 21.2. The number of ether oxygens (including phenoxy) is 1. The molecule has 20 heavy (non-hydrogen) atoms. The second-order valence-corrected chi connectivity index (χ2v) is 7.97. The molecule has 0 saturated carbocycles. The van der Waals surface area contributed by atoms with E-state index in [1.807, 2.05) is 38.1 Å². The summed E-state index contributed by atoms with van der Waals surface area (Å²) >= 11 is 0. The van der Waals surface area contributed by atoms with Crippen molar-refractivity contribution in [2.24, 2.45) is 0 Å². The number of benzene rings is 1. The minimum Gasteiger partial charge on any atom is -0.491 e. The summed E-state index contributed by atoms with van der Waals surface area (Å²) in [5.74, 6) is 1.21. The molecule has 0 aromatic heterocycles. The van der Waals surface area contributed by atoms with E-state index in [1.54, 1.807) is 0 Å². The third-order valence-electron chi connectivity index (χ3n) is 3.46. The van der Waals surface area contributed by atoms with Crippen molar-refractivity contribution in [3.63, 3.8) is 0 Å². The van der Waals surface area contributed by atoms with Crippen LogP contribution in [0.2, 0.25) is 0 Å². The molecular formula is C15H23NO3S. The van der Waals surface area contributed by atoms with Crippen molar-refractivity contribution in [2.75, 3.05) is 12.3 Å². The number of nitrogens with one attached hydrogen (secondary N) is 1. The smallest absolute Gasteiger partial charge is 0.154 e. The Labute approximate surface area is 121 Å². The first-order valence-corrected chi connectivity index (χ1v) is 8.87. The molecule has 1 aromatic carbocycles. The van der Waals surface area contributed by atoms with E-state index in [2.05, 4.69) is 5.32 Å². The minimum atomic E-state index is -2.84. The van der Waals surface area contributed by atoms with Crippen LogP contribution >= 0.6 is 0 Å². The Balaban J connectivity index is 1.79. The van der Waals surface area contributed by atoms with Gasteiger partial charge in [-0.3, -0.25) is 0 Å². The highest BCUT2D eigenvalue weighted by atomic mass is 32.2. The largest absolute Gasteiger partial charge is 0.491 e. The molecule has 0 radical (unpaired) electrons. The first-order chi connectivity index (χ1) is 9.47. The molecule has 0 bridgehead atoms. The lowest BCUT2D eigenvalue weighted by atomic mass is 10.2. The van der Waals surface area contributed by atoms with Gasteiger partial charge in [0.15, 0.2) is 9.84 Å². The predicted molar refractivity (Wildman–Crippen MR) is 80.7 cm³/mol. The quantitative estimate of drug-likeness (QED) is 0.874. The minimum absolute atomic E-state index is 0.173. The fourth-order valence-electron chi connectivity index (χ4n) is 2.42. The van der Waals surface area contributed by atoms with Crippen LogP contribution in [0.4, 0.5) is 0 Å². The number of rotatable bonds is 6. The van der Waals surface area contributed by atoms with Crippen molar-refractivity contribution in [2.45, 2.75) is 44.6 Å². The monoisotopic (exact) mass is 297 g/mol. The number of hydrogen-bond donors (Lipinski definition) is 1. The SMILES string of the molecule is CC(C)Oc1ccc(CNCC2CCCS2(=O)=O)cc1. The lowest BCUT2D eigenvalue weighted by Gasteiger charge is -2.12. The van der Waals surface area contributed by atoms with Crippen molar-refractivity contribution < 1.29 is 13.2 Å². The molecule has 1 fully saturated rings. The zero-order chi connectivity index (χ0) is 14.6. The number of sulfone groups is 1. The molecule has 112 valence electrons. The van der Waals surface area contributed by atoms with Crippen LogP contribution in [0.3, 0.4) is 0 Å². The number of hydrogen-bond acceptors (Lipinski definition) is 4. The summed E-state index contributed by atoms with van der Waals surface area (Å²) in [6.45, 7) is 5.23. The van der Waals surface area contributed by atoms with Crippen molar-refractivity contribution >= 4 is 9.84 Å². The third-order valence-corrected chi connectivity index (χ3v) is 5.73. The molecular weight excluding hydrogens is 274 g/mol. The fraction of sp³-hybridized carbons (Fsp3) is 0.600. The van der Waals surface area contributed by atoms with E-state index in [9.17, 15) is 8.42 Å². The highest BCUT2D eigenvalue weighted by Gasteiger charge is 2.30. The molecule has 0 aliphatic carbocycles. The lowest BCUT2D eigenvalue weighted by molar-refractivity contribution is 0.242. The van der Waals surface area contributed by atoms with Crippen molar-refractivity contribution in [1.82, 2.24) is 5.32 Å². The van der Waals surface area contributed by atoms with Gasteiger partial charge in [-0.1, -0.05) is 12.1 Å². The van der Waals surface area contributed by atoms with Gasteiger partial charge in [-0.25, -0.2) is 8.42 Å². The summed E-state index contributed by atoms with van der Waals surface area (Å²) < 4.78 is 29.0. The molecule has 1 saturated heterocycles. The van der Waals surface area contributed by atoms with Gasteiger partial charge in [0, 0.05) is 13.1 Å². The van der Waals surface area contributed by atoms with Crippen molar-refractivity contribution in [3.8, 4) is 5.75 Å². The second kappa shape index (κ2) is 6.59. The predicted octanol–water partition coefficient (Wildman–Crippen LogP) is 2.14. The van der Waals surface area contributed by atoms with Gasteiger partial charge in [0.05, 0.1) is 17.1 Å². The van der Waals surface area contributed by atoms with E-state index in [-0.39, 0.29) is 11.4 Å². The first-order valence-electron chi connectivity index (χ1n) is 7.15. The standard InChI is InChI=1S/C15H23NO3S/c1-12(2)19-14-7-5-13(6-8-14)10-16-11-15-4-3-9-20(15,17)18/h5-8,12,15-16H,3-4,9-11H2,1-2H3. The van der Waals surface area contributed by atoms with Crippen LogP contribution in [0.5, 0.6) is 5.75 Å². The first kappa shape index (κ1) is 15.3. The zero-order valence-corrected chi connectivity index (χ0v) is 12.9. The molecule has 1 atom stereocenters. The molecule has 1 aliphatic rings. The molecule has 1 N–H and O–H groups in total. The average Bonchev–Trinajstić information content (AvgIpc) is 2.70. The van der Waals surface area contributed by atoms with Gasteiger partial charge in [-0.2, -0.15) is 0 Å². The van der Waals surface area contributed by atoms with Gasteiger partial charge >= 0.3 is 0 Å². The van der Waals surface area contributed by atoms with Crippen LogP contribution in [0.25, 0.3) is 0 Å². The Morgan fingerprint density at radius 3 is 2.55 bits per heavy atom. The molecule has 1 heterocycles. The third kappa shape index (κ3) is 4.21. The second-order valence-electron chi connectivity index (χ2n) is 5.57. The highest BCUT2D eigenvalue weighted by molar-refractivity contribution is 7.92. The summed E-state index contributed by atoms with van der Waals surface area (Å²) in [7, 11) is -2.84. The Bertz CT molecular complexity index is 523. The van der Waals surface area contributed by atoms with E-state index in [4.69, 9.17) is 4.74 Å². The average molecular weight is 297 g/mol. The molecule has 1 aliphatic heterocycles. The van der Waals surface area contributed by atoms with Gasteiger partial charge in [0.1, 0.15) is 5.75 Å². The summed E-state index contributed by atoms with van der Waals surface area (Å²) in [5, 5.41) is 3.04. The highest BCUT2D eigenvalue weighted by Crippen LogP contribution is 2.19. The lowest BCUT2D eigenvalue weighted by Crippen LogP contribution is -2.30. The van der Waals surface area contributed by atoms with Gasteiger partial charge in [-0.15, -0.1) is 0 Å². The topological polar surface area (TPSA) is 55.4 Å². The maximum Gasteiger partial charge on any atom is 0.154 e. The van der Waals surface area contributed by atoms with E-state index in [1.165, 1.54) is 0 Å². The summed E-state index contributed by atoms with van der Waals surface area (Å²) in [6, 6.07) is 7.91. The van der Waals surface area contributed by atoms with Gasteiger partial charge in [0.25, 0.3) is 0 Å². The van der Waals surface area contributed by atoms with E-state index in [0.29, 0.717) is 18.8 Å². The Hall–Kier alpha value is -1.07. The van der Waals surface area contributed by atoms with Crippen molar-refractivity contribution in [3.05, 3.63) is 29.8 Å². The van der Waals surface area contributed by atoms with Crippen LogP contribution in [-0.4, -0.2) is 32.1 Å². The van der Waals surface area contributed by atoms with Gasteiger partial charge in [-0.05, 0) is 44.4 Å². The van der Waals surface area contributed by atoms with Crippen LogP contribution < -0.4 is 10.1 Å². The molecule has 0 spiro atoms. The van der Waals surface area contributed by atoms with Gasteiger partial charge in [0.2, 0.25) is 0 Å². The maximum atomic E-state index is 11.7. The van der Waals surface area contributed by atoms with Crippen LogP contribution in [0.15, 0.2) is 24.3 Å². The molecule has 1 unspecified atom stereocenters. The fourth-order valence-corrected chi connectivity index (χ4v) is 4.22. The molecule has 0 amide bonds. The molecule has 5 heteroatoms. The van der Waals surface area contributed by atoms with E-state index in [0.717, 1.165) is 24.2 Å². The zero-order valence-electron chi connectivity index (χ0n) is 12.1. The Morgan fingerprint density at radius 2 is 2.00 bits per heavy atom. The summed E-state index contributed by atoms with van der Waals surface area (Å²) in [4.78, 5) is 0. The summed E-state index contributed by atoms with van der Waals surface area (Å²) in [6.07, 6.45) is 1.76. The van der Waals surface area contributed by atoms with E-state index < -0.39 is 9.84 Å². The molecule has 4 nitrogen and oxygen atoms in total. The maximum absolute atomic E-state index is 11.7. The Morgan fingerprint density at radius 1 is 1.30 bits per heavy atom. The summed E-state index contributed by atoms with van der Waals surface area (Å²) in [5.41, 5.74) is 1.14. The Kier molecular flexibility index (Phi) is 5.05.